The van der Waals surface area contributed by atoms with Crippen LogP contribution < -0.4 is 5.32 Å². The third-order valence-corrected chi connectivity index (χ3v) is 2.38. The Morgan fingerprint density at radius 1 is 1.27 bits per heavy atom. The highest BCUT2D eigenvalue weighted by Crippen LogP contribution is 2.09. The van der Waals surface area contributed by atoms with Crippen LogP contribution in [-0.2, 0) is 4.79 Å². The van der Waals surface area contributed by atoms with Crippen molar-refractivity contribution in [2.75, 3.05) is 0 Å². The second kappa shape index (κ2) is 10.0. The van der Waals surface area contributed by atoms with E-state index in [1.54, 1.807) is 0 Å². The fraction of sp³-hybridized carbons (Fsp3) is 0.846. The highest BCUT2D eigenvalue weighted by atomic mass is 16.1. The van der Waals surface area contributed by atoms with Crippen LogP contribution in [0.3, 0.4) is 0 Å². The smallest absolute Gasteiger partial charge is 0.220 e. The lowest BCUT2D eigenvalue weighted by Crippen LogP contribution is -2.19. The average molecular weight is 212 g/mol. The standard InChI is InChI=1S/C13H26NO/c1-4-5-11-14-13(15)10-8-6-7-9-12(2)3/h11-12H,4-10H2,1-3H3,(H,14,15). The third-order valence-electron chi connectivity index (χ3n) is 2.38. The van der Waals surface area contributed by atoms with Crippen molar-refractivity contribution < 1.29 is 4.79 Å². The monoisotopic (exact) mass is 212 g/mol. The lowest BCUT2D eigenvalue weighted by molar-refractivity contribution is -0.120. The van der Waals surface area contributed by atoms with Crippen LogP contribution in [0.2, 0.25) is 0 Å². The minimum absolute atomic E-state index is 0.174. The molecule has 89 valence electrons. The van der Waals surface area contributed by atoms with Crippen molar-refractivity contribution in [1.82, 2.24) is 5.32 Å². The van der Waals surface area contributed by atoms with Crippen LogP contribution in [0.15, 0.2) is 0 Å². The molecule has 1 N–H and O–H groups in total. The largest absolute Gasteiger partial charge is 0.351 e. The van der Waals surface area contributed by atoms with Crippen LogP contribution in [0.5, 0.6) is 0 Å². The summed E-state index contributed by atoms with van der Waals surface area (Å²) in [4.78, 5) is 11.3. The van der Waals surface area contributed by atoms with Crippen LogP contribution >= 0.6 is 0 Å². The van der Waals surface area contributed by atoms with Gasteiger partial charge in [-0.05, 0) is 18.8 Å². The zero-order chi connectivity index (χ0) is 11.5. The fourth-order valence-electron chi connectivity index (χ4n) is 1.42. The number of nitrogens with one attached hydrogen (secondary N) is 1. The molecule has 0 bridgehead atoms. The van der Waals surface area contributed by atoms with Gasteiger partial charge in [0, 0.05) is 13.0 Å². The molecule has 0 spiro atoms. The molecule has 0 rings (SSSR count). The Labute approximate surface area is 94.8 Å². The zero-order valence-electron chi connectivity index (χ0n) is 10.5. The van der Waals surface area contributed by atoms with E-state index in [2.05, 4.69) is 26.1 Å². The first kappa shape index (κ1) is 14.5. The Bertz CT molecular complexity index is 155. The predicted molar refractivity (Wildman–Crippen MR) is 65.3 cm³/mol. The van der Waals surface area contributed by atoms with Gasteiger partial charge in [0.25, 0.3) is 0 Å². The summed E-state index contributed by atoms with van der Waals surface area (Å²) in [5.41, 5.74) is 0. The average Bonchev–Trinajstić information content (AvgIpc) is 2.17. The second-order valence-corrected chi connectivity index (χ2v) is 4.55. The van der Waals surface area contributed by atoms with E-state index in [1.807, 2.05) is 6.54 Å². The predicted octanol–water partition coefficient (Wildman–Crippen LogP) is 3.67. The molecule has 0 aromatic rings. The number of carbonyl (C=O) groups is 1. The summed E-state index contributed by atoms with van der Waals surface area (Å²) in [6.07, 6.45) is 7.48. The molecule has 0 heterocycles. The summed E-state index contributed by atoms with van der Waals surface area (Å²) in [7, 11) is 0. The van der Waals surface area contributed by atoms with Gasteiger partial charge >= 0.3 is 0 Å². The van der Waals surface area contributed by atoms with Crippen molar-refractivity contribution in [3.8, 4) is 0 Å². The van der Waals surface area contributed by atoms with Gasteiger partial charge in [-0.15, -0.1) is 0 Å². The maximum Gasteiger partial charge on any atom is 0.220 e. The minimum atomic E-state index is 0.174. The summed E-state index contributed by atoms with van der Waals surface area (Å²) in [6.45, 7) is 8.46. The van der Waals surface area contributed by atoms with E-state index in [0.29, 0.717) is 6.42 Å². The molecule has 0 aliphatic carbocycles. The molecule has 0 saturated heterocycles. The molecule has 0 aliphatic rings. The first-order chi connectivity index (χ1) is 7.16. The quantitative estimate of drug-likeness (QED) is 0.580. The normalized spacial score (nSPS) is 10.7. The number of rotatable bonds is 9. The number of hydrogen-bond acceptors (Lipinski definition) is 1. The van der Waals surface area contributed by atoms with Crippen molar-refractivity contribution in [1.29, 1.82) is 0 Å². The van der Waals surface area contributed by atoms with Gasteiger partial charge in [0.05, 0.1) is 0 Å². The van der Waals surface area contributed by atoms with E-state index < -0.39 is 0 Å². The van der Waals surface area contributed by atoms with Crippen molar-refractivity contribution in [3.05, 3.63) is 6.54 Å². The summed E-state index contributed by atoms with van der Waals surface area (Å²) < 4.78 is 0. The molecule has 1 amide bonds. The summed E-state index contributed by atoms with van der Waals surface area (Å²) in [5.74, 6) is 0.963. The lowest BCUT2D eigenvalue weighted by atomic mass is 10.0. The van der Waals surface area contributed by atoms with E-state index in [1.165, 1.54) is 19.3 Å². The molecular weight excluding hydrogens is 186 g/mol. The molecule has 0 aliphatic heterocycles. The fourth-order valence-corrected chi connectivity index (χ4v) is 1.42. The second-order valence-electron chi connectivity index (χ2n) is 4.55. The van der Waals surface area contributed by atoms with E-state index in [9.17, 15) is 4.79 Å². The van der Waals surface area contributed by atoms with Crippen LogP contribution in [0, 0.1) is 12.5 Å². The van der Waals surface area contributed by atoms with Gasteiger partial charge in [0.15, 0.2) is 0 Å². The summed E-state index contributed by atoms with van der Waals surface area (Å²) >= 11 is 0. The van der Waals surface area contributed by atoms with Gasteiger partial charge in [0.1, 0.15) is 0 Å². The Morgan fingerprint density at radius 2 is 2.00 bits per heavy atom. The van der Waals surface area contributed by atoms with Gasteiger partial charge in [-0.25, -0.2) is 0 Å². The van der Waals surface area contributed by atoms with E-state index in [4.69, 9.17) is 0 Å². The van der Waals surface area contributed by atoms with Crippen LogP contribution in [0.25, 0.3) is 0 Å². The van der Waals surface area contributed by atoms with E-state index in [0.717, 1.165) is 25.2 Å². The molecule has 15 heavy (non-hydrogen) atoms. The molecular formula is C13H26NO. The molecule has 0 unspecified atom stereocenters. The lowest BCUT2D eigenvalue weighted by Gasteiger charge is -2.05. The van der Waals surface area contributed by atoms with Crippen molar-refractivity contribution >= 4 is 5.91 Å². The van der Waals surface area contributed by atoms with Crippen molar-refractivity contribution in [3.63, 3.8) is 0 Å². The number of hydrogen-bond donors (Lipinski definition) is 1. The molecule has 0 atom stereocenters. The maximum absolute atomic E-state index is 11.3. The highest BCUT2D eigenvalue weighted by Gasteiger charge is 2.00. The van der Waals surface area contributed by atoms with E-state index >= 15 is 0 Å². The van der Waals surface area contributed by atoms with Gasteiger partial charge in [0.2, 0.25) is 5.91 Å². The molecule has 1 radical (unpaired) electrons. The molecule has 0 fully saturated rings. The number of unbranched alkanes of at least 4 members (excludes halogenated alkanes) is 3. The molecule has 2 heteroatoms. The first-order valence-corrected chi connectivity index (χ1v) is 6.27. The maximum atomic E-state index is 11.3. The van der Waals surface area contributed by atoms with Gasteiger partial charge in [-0.1, -0.05) is 46.5 Å². The molecule has 0 saturated carbocycles. The van der Waals surface area contributed by atoms with Gasteiger partial charge in [-0.2, -0.15) is 0 Å². The van der Waals surface area contributed by atoms with Crippen molar-refractivity contribution in [2.24, 2.45) is 5.92 Å². The van der Waals surface area contributed by atoms with Gasteiger partial charge in [-0.3, -0.25) is 4.79 Å². The van der Waals surface area contributed by atoms with Crippen molar-refractivity contribution in [2.45, 2.75) is 65.7 Å². The Morgan fingerprint density at radius 3 is 2.60 bits per heavy atom. The minimum Gasteiger partial charge on any atom is -0.351 e. The summed E-state index contributed by atoms with van der Waals surface area (Å²) in [6, 6.07) is 0. The van der Waals surface area contributed by atoms with Crippen LogP contribution in [0.1, 0.15) is 65.7 Å². The zero-order valence-corrected chi connectivity index (χ0v) is 10.5. The Hall–Kier alpha value is -0.530. The topological polar surface area (TPSA) is 29.1 Å². The Kier molecular flexibility index (Phi) is 9.65. The third kappa shape index (κ3) is 11.4. The molecule has 2 nitrogen and oxygen atoms in total. The van der Waals surface area contributed by atoms with Crippen LogP contribution in [-0.4, -0.2) is 5.91 Å². The first-order valence-electron chi connectivity index (χ1n) is 6.27. The van der Waals surface area contributed by atoms with Crippen LogP contribution in [0.4, 0.5) is 0 Å². The highest BCUT2D eigenvalue weighted by molar-refractivity contribution is 5.76. The van der Waals surface area contributed by atoms with Gasteiger partial charge < -0.3 is 5.32 Å². The number of amides is 1. The molecule has 0 aromatic heterocycles. The summed E-state index contributed by atoms with van der Waals surface area (Å²) in [5, 5.41) is 2.82. The SMILES string of the molecule is CCC[CH]NC(=O)CCCCCC(C)C. The molecule has 0 aromatic carbocycles. The van der Waals surface area contributed by atoms with E-state index in [-0.39, 0.29) is 5.91 Å². The Balaban J connectivity index is 3.17. The number of carbonyl (C=O) groups excluding carboxylic acids is 1.